The summed E-state index contributed by atoms with van der Waals surface area (Å²) in [5.74, 6) is 1.63. The Morgan fingerprint density at radius 2 is 1.88 bits per heavy atom. The fourth-order valence-corrected chi connectivity index (χ4v) is 2.15. The van der Waals surface area contributed by atoms with E-state index in [2.05, 4.69) is 10.1 Å². The first-order valence-electron chi connectivity index (χ1n) is 7.99. The van der Waals surface area contributed by atoms with E-state index >= 15 is 0 Å². The van der Waals surface area contributed by atoms with Crippen LogP contribution in [0.25, 0.3) is 0 Å². The monoisotopic (exact) mass is 348 g/mol. The van der Waals surface area contributed by atoms with Gasteiger partial charge in [0.05, 0.1) is 20.6 Å². The zero-order valence-electron chi connectivity index (χ0n) is 15.5. The fraction of sp³-hybridized carbons (Fsp3) is 0.500. The second-order valence-corrected chi connectivity index (χ2v) is 6.70. The van der Waals surface area contributed by atoms with Crippen molar-refractivity contribution in [3.05, 3.63) is 35.5 Å². The third-order valence-corrected chi connectivity index (χ3v) is 3.56. The summed E-state index contributed by atoms with van der Waals surface area (Å²) in [4.78, 5) is 16.5. The highest BCUT2D eigenvalue weighted by atomic mass is 16.6. The van der Waals surface area contributed by atoms with Gasteiger partial charge in [-0.25, -0.2) is 0 Å². The largest absolute Gasteiger partial charge is 0.493 e. The molecule has 1 atom stereocenters. The molecule has 0 amide bonds. The lowest BCUT2D eigenvalue weighted by Crippen LogP contribution is -2.14. The third-order valence-electron chi connectivity index (χ3n) is 3.56. The van der Waals surface area contributed by atoms with Gasteiger partial charge in [-0.3, -0.25) is 4.79 Å². The first-order chi connectivity index (χ1) is 11.7. The van der Waals surface area contributed by atoms with Crippen molar-refractivity contribution in [2.45, 2.75) is 45.6 Å². The Hall–Kier alpha value is -2.57. The van der Waals surface area contributed by atoms with Gasteiger partial charge in [0.15, 0.2) is 23.4 Å². The summed E-state index contributed by atoms with van der Waals surface area (Å²) in [6.07, 6.45) is -0.512. The standard InChI is InChI=1S/C18H24N2O5/c1-11(16-19-17(20-25-16)18(2,3)4)24-15(21)10-12-7-8-13(22-5)14(9-12)23-6/h7-9,11H,10H2,1-6H3/t11-/m1/s1. The van der Waals surface area contributed by atoms with Crippen LogP contribution in [0.4, 0.5) is 0 Å². The summed E-state index contributed by atoms with van der Waals surface area (Å²) < 4.78 is 21.0. The van der Waals surface area contributed by atoms with Crippen molar-refractivity contribution < 1.29 is 23.5 Å². The average Bonchev–Trinajstić information content (AvgIpc) is 3.05. The van der Waals surface area contributed by atoms with E-state index in [1.54, 1.807) is 39.3 Å². The molecule has 0 bridgehead atoms. The van der Waals surface area contributed by atoms with E-state index < -0.39 is 12.1 Å². The van der Waals surface area contributed by atoms with Gasteiger partial charge in [0.1, 0.15) is 0 Å². The molecule has 0 aliphatic rings. The average molecular weight is 348 g/mol. The number of hydrogen-bond acceptors (Lipinski definition) is 7. The van der Waals surface area contributed by atoms with Gasteiger partial charge in [-0.2, -0.15) is 4.98 Å². The SMILES string of the molecule is COc1ccc(CC(=O)O[C@H](C)c2nc(C(C)(C)C)no2)cc1OC. The molecule has 0 saturated carbocycles. The Morgan fingerprint density at radius 1 is 1.20 bits per heavy atom. The van der Waals surface area contributed by atoms with Crippen LogP contribution >= 0.6 is 0 Å². The highest BCUT2D eigenvalue weighted by molar-refractivity contribution is 5.73. The van der Waals surface area contributed by atoms with Crippen molar-refractivity contribution >= 4 is 5.97 Å². The van der Waals surface area contributed by atoms with E-state index in [-0.39, 0.29) is 17.7 Å². The first-order valence-corrected chi connectivity index (χ1v) is 7.99. The molecule has 1 heterocycles. The van der Waals surface area contributed by atoms with Crippen LogP contribution in [-0.2, 0) is 21.4 Å². The summed E-state index contributed by atoms with van der Waals surface area (Å²) in [5, 5.41) is 3.93. The third kappa shape index (κ3) is 4.71. The molecule has 1 aromatic carbocycles. The van der Waals surface area contributed by atoms with Crippen LogP contribution in [0.3, 0.4) is 0 Å². The highest BCUT2D eigenvalue weighted by Gasteiger charge is 2.24. The van der Waals surface area contributed by atoms with Crippen LogP contribution in [0.1, 0.15) is 51.1 Å². The van der Waals surface area contributed by atoms with Gasteiger partial charge in [0.25, 0.3) is 5.89 Å². The number of hydrogen-bond donors (Lipinski definition) is 0. The lowest BCUT2D eigenvalue weighted by molar-refractivity contribution is -0.148. The highest BCUT2D eigenvalue weighted by Crippen LogP contribution is 2.28. The minimum atomic E-state index is -0.615. The van der Waals surface area contributed by atoms with E-state index in [9.17, 15) is 4.79 Å². The number of carbonyl (C=O) groups excluding carboxylic acids is 1. The Labute approximate surface area is 147 Å². The number of aromatic nitrogens is 2. The molecule has 0 N–H and O–H groups in total. The number of esters is 1. The molecule has 7 nitrogen and oxygen atoms in total. The number of benzene rings is 1. The quantitative estimate of drug-likeness (QED) is 0.741. The summed E-state index contributed by atoms with van der Waals surface area (Å²) in [6.45, 7) is 7.65. The number of carbonyl (C=O) groups is 1. The van der Waals surface area contributed by atoms with Crippen molar-refractivity contribution in [3.8, 4) is 11.5 Å². The maximum absolute atomic E-state index is 12.2. The van der Waals surface area contributed by atoms with E-state index in [1.807, 2.05) is 20.8 Å². The second kappa shape index (κ2) is 7.55. The predicted octanol–water partition coefficient (Wildman–Crippen LogP) is 3.23. The topological polar surface area (TPSA) is 83.7 Å². The predicted molar refractivity (Wildman–Crippen MR) is 90.8 cm³/mol. The van der Waals surface area contributed by atoms with Gasteiger partial charge in [-0.1, -0.05) is 32.0 Å². The minimum absolute atomic E-state index is 0.102. The van der Waals surface area contributed by atoms with E-state index in [0.29, 0.717) is 17.3 Å². The summed E-state index contributed by atoms with van der Waals surface area (Å²) in [5.41, 5.74) is 0.529. The van der Waals surface area contributed by atoms with E-state index in [0.717, 1.165) is 5.56 Å². The van der Waals surface area contributed by atoms with Crippen molar-refractivity contribution in [2.75, 3.05) is 14.2 Å². The smallest absolute Gasteiger partial charge is 0.311 e. The van der Waals surface area contributed by atoms with Crippen LogP contribution in [0.2, 0.25) is 0 Å². The van der Waals surface area contributed by atoms with Gasteiger partial charge in [-0.05, 0) is 24.6 Å². The molecular weight excluding hydrogens is 324 g/mol. The summed E-state index contributed by atoms with van der Waals surface area (Å²) in [6, 6.07) is 5.28. The van der Waals surface area contributed by atoms with E-state index in [4.69, 9.17) is 18.7 Å². The lowest BCUT2D eigenvalue weighted by atomic mass is 9.96. The molecule has 2 rings (SSSR count). The number of rotatable bonds is 6. The molecule has 1 aromatic heterocycles. The first kappa shape index (κ1) is 18.8. The summed E-state index contributed by atoms with van der Waals surface area (Å²) >= 11 is 0. The zero-order valence-corrected chi connectivity index (χ0v) is 15.5. The summed E-state index contributed by atoms with van der Waals surface area (Å²) in [7, 11) is 3.11. The number of ether oxygens (including phenoxy) is 3. The van der Waals surface area contributed by atoms with Gasteiger partial charge >= 0.3 is 5.97 Å². The molecule has 136 valence electrons. The van der Waals surface area contributed by atoms with Crippen LogP contribution in [0.15, 0.2) is 22.7 Å². The van der Waals surface area contributed by atoms with Crippen LogP contribution < -0.4 is 9.47 Å². The maximum Gasteiger partial charge on any atom is 0.311 e. The molecule has 2 aromatic rings. The molecule has 0 unspecified atom stereocenters. The normalized spacial score (nSPS) is 12.6. The Bertz CT molecular complexity index is 733. The van der Waals surface area contributed by atoms with E-state index in [1.165, 1.54) is 0 Å². The van der Waals surface area contributed by atoms with Gasteiger partial charge in [0.2, 0.25) is 0 Å². The molecule has 0 spiro atoms. The van der Waals surface area contributed by atoms with Crippen molar-refractivity contribution in [3.63, 3.8) is 0 Å². The zero-order chi connectivity index (χ0) is 18.6. The molecule has 0 saturated heterocycles. The molecule has 0 aliphatic carbocycles. The lowest BCUT2D eigenvalue weighted by Gasteiger charge is -2.12. The molecule has 7 heteroatoms. The Morgan fingerprint density at radius 3 is 2.44 bits per heavy atom. The molecule has 25 heavy (non-hydrogen) atoms. The van der Waals surface area contributed by atoms with Gasteiger partial charge in [-0.15, -0.1) is 0 Å². The second-order valence-electron chi connectivity index (χ2n) is 6.70. The number of methoxy groups -OCH3 is 2. The molecule has 0 fully saturated rings. The Balaban J connectivity index is 2.01. The molecule has 0 radical (unpaired) electrons. The van der Waals surface area contributed by atoms with Crippen molar-refractivity contribution in [2.24, 2.45) is 0 Å². The Kier molecular flexibility index (Phi) is 5.66. The number of nitrogens with zero attached hydrogens (tertiary/aromatic N) is 2. The van der Waals surface area contributed by atoms with Crippen molar-refractivity contribution in [1.29, 1.82) is 0 Å². The molecule has 0 aliphatic heterocycles. The van der Waals surface area contributed by atoms with Crippen LogP contribution in [-0.4, -0.2) is 30.3 Å². The minimum Gasteiger partial charge on any atom is -0.493 e. The fourth-order valence-electron chi connectivity index (χ4n) is 2.15. The maximum atomic E-state index is 12.2. The molecular formula is C18H24N2O5. The van der Waals surface area contributed by atoms with Gasteiger partial charge in [0, 0.05) is 5.41 Å². The van der Waals surface area contributed by atoms with Crippen LogP contribution in [0.5, 0.6) is 11.5 Å². The van der Waals surface area contributed by atoms with Crippen LogP contribution in [0, 0.1) is 0 Å². The van der Waals surface area contributed by atoms with Crippen molar-refractivity contribution in [1.82, 2.24) is 10.1 Å². The van der Waals surface area contributed by atoms with Gasteiger partial charge < -0.3 is 18.7 Å².